The molecule has 0 radical (unpaired) electrons. The summed E-state index contributed by atoms with van der Waals surface area (Å²) in [5.41, 5.74) is 2.08. The number of para-hydroxylation sites is 1. The van der Waals surface area contributed by atoms with Crippen LogP contribution in [0.4, 0.5) is 11.4 Å². The van der Waals surface area contributed by atoms with Crippen molar-refractivity contribution in [1.82, 2.24) is 4.98 Å². The first kappa shape index (κ1) is 22.2. The summed E-state index contributed by atoms with van der Waals surface area (Å²) in [6.07, 6.45) is 0.676. The summed E-state index contributed by atoms with van der Waals surface area (Å²) in [5.74, 6) is -0.150. The Labute approximate surface area is 194 Å². The Morgan fingerprint density at radius 1 is 1.12 bits per heavy atom. The molecule has 8 nitrogen and oxygen atoms in total. The highest BCUT2D eigenvalue weighted by molar-refractivity contribution is 7.18. The molecule has 0 spiro atoms. The van der Waals surface area contributed by atoms with E-state index >= 15 is 0 Å². The number of nitro benzene ring substituents is 1. The SMILES string of the molecule is CCOc1cc([N+](=O)[O-])c(C(=O)Nc2ccc(Cc3nc4ccccc4s3)cc2)cc1OC. The molecule has 0 aliphatic rings. The quantitative estimate of drug-likeness (QED) is 0.275. The van der Waals surface area contributed by atoms with E-state index in [0.717, 1.165) is 20.8 Å². The summed E-state index contributed by atoms with van der Waals surface area (Å²) in [4.78, 5) is 28.4. The molecule has 9 heteroatoms. The lowest BCUT2D eigenvalue weighted by molar-refractivity contribution is -0.385. The fourth-order valence-corrected chi connectivity index (χ4v) is 4.39. The van der Waals surface area contributed by atoms with Crippen molar-refractivity contribution in [1.29, 1.82) is 0 Å². The van der Waals surface area contributed by atoms with Gasteiger partial charge in [-0.1, -0.05) is 24.3 Å². The van der Waals surface area contributed by atoms with Crippen LogP contribution in [0.5, 0.6) is 11.5 Å². The second kappa shape index (κ2) is 9.66. The van der Waals surface area contributed by atoms with E-state index in [9.17, 15) is 14.9 Å². The van der Waals surface area contributed by atoms with E-state index in [4.69, 9.17) is 9.47 Å². The highest BCUT2D eigenvalue weighted by atomic mass is 32.1. The Morgan fingerprint density at radius 3 is 2.55 bits per heavy atom. The first-order valence-corrected chi connectivity index (χ1v) is 11.0. The normalized spacial score (nSPS) is 10.7. The van der Waals surface area contributed by atoms with Crippen LogP contribution in [0.15, 0.2) is 60.7 Å². The molecule has 0 aliphatic heterocycles. The Kier molecular flexibility index (Phi) is 6.50. The predicted octanol–water partition coefficient (Wildman–Crippen LogP) is 5.45. The number of rotatable bonds is 8. The van der Waals surface area contributed by atoms with Gasteiger partial charge < -0.3 is 14.8 Å². The van der Waals surface area contributed by atoms with Crippen LogP contribution in [0.25, 0.3) is 10.2 Å². The lowest BCUT2D eigenvalue weighted by Gasteiger charge is -2.12. The minimum atomic E-state index is -0.613. The smallest absolute Gasteiger partial charge is 0.286 e. The zero-order chi connectivity index (χ0) is 23.4. The Bertz CT molecular complexity index is 1280. The molecule has 4 aromatic rings. The zero-order valence-corrected chi connectivity index (χ0v) is 18.8. The molecular formula is C24H21N3O5S. The molecule has 4 rings (SSSR count). The summed E-state index contributed by atoms with van der Waals surface area (Å²) in [5, 5.41) is 15.3. The minimum absolute atomic E-state index is 0.112. The van der Waals surface area contributed by atoms with Crippen LogP contribution < -0.4 is 14.8 Å². The average molecular weight is 464 g/mol. The predicted molar refractivity (Wildman–Crippen MR) is 128 cm³/mol. The van der Waals surface area contributed by atoms with Crippen molar-refractivity contribution in [2.45, 2.75) is 13.3 Å². The van der Waals surface area contributed by atoms with E-state index in [0.29, 0.717) is 18.7 Å². The maximum atomic E-state index is 12.8. The number of amides is 1. The van der Waals surface area contributed by atoms with Crippen molar-refractivity contribution in [2.75, 3.05) is 19.0 Å². The number of anilines is 1. The molecule has 168 valence electrons. The van der Waals surface area contributed by atoms with E-state index in [1.807, 2.05) is 36.4 Å². The summed E-state index contributed by atoms with van der Waals surface area (Å²) < 4.78 is 11.8. The molecule has 0 saturated carbocycles. The highest BCUT2D eigenvalue weighted by Crippen LogP contribution is 2.35. The number of methoxy groups -OCH3 is 1. The van der Waals surface area contributed by atoms with Gasteiger partial charge in [0.15, 0.2) is 11.5 Å². The van der Waals surface area contributed by atoms with Gasteiger partial charge in [0.05, 0.1) is 39.9 Å². The summed E-state index contributed by atoms with van der Waals surface area (Å²) >= 11 is 1.65. The van der Waals surface area contributed by atoms with Crippen LogP contribution >= 0.6 is 11.3 Å². The van der Waals surface area contributed by atoms with Crippen LogP contribution in [0, 0.1) is 10.1 Å². The van der Waals surface area contributed by atoms with Gasteiger partial charge in [-0.3, -0.25) is 14.9 Å². The Hall–Kier alpha value is -3.98. The third-order valence-corrected chi connectivity index (χ3v) is 5.96. The van der Waals surface area contributed by atoms with Gasteiger partial charge >= 0.3 is 0 Å². The maximum absolute atomic E-state index is 12.8. The molecule has 33 heavy (non-hydrogen) atoms. The topological polar surface area (TPSA) is 104 Å². The molecule has 1 N–H and O–H groups in total. The fraction of sp³-hybridized carbons (Fsp3) is 0.167. The lowest BCUT2D eigenvalue weighted by Crippen LogP contribution is -2.14. The largest absolute Gasteiger partial charge is 0.493 e. The number of carbonyl (C=O) groups excluding carboxylic acids is 1. The highest BCUT2D eigenvalue weighted by Gasteiger charge is 2.25. The molecule has 1 heterocycles. The first-order chi connectivity index (χ1) is 16.0. The number of nitro groups is 1. The lowest BCUT2D eigenvalue weighted by atomic mass is 10.1. The van der Waals surface area contributed by atoms with Crippen LogP contribution in [0.2, 0.25) is 0 Å². The number of carbonyl (C=O) groups is 1. The second-order valence-electron chi connectivity index (χ2n) is 7.11. The number of ether oxygens (including phenoxy) is 2. The van der Waals surface area contributed by atoms with Crippen molar-refractivity contribution < 1.29 is 19.2 Å². The van der Waals surface area contributed by atoms with Gasteiger partial charge in [-0.15, -0.1) is 11.3 Å². The Morgan fingerprint density at radius 2 is 1.88 bits per heavy atom. The van der Waals surface area contributed by atoms with Crippen molar-refractivity contribution in [3.8, 4) is 11.5 Å². The summed E-state index contributed by atoms with van der Waals surface area (Å²) in [6.45, 7) is 2.06. The zero-order valence-electron chi connectivity index (χ0n) is 18.0. The van der Waals surface area contributed by atoms with E-state index in [2.05, 4.69) is 10.3 Å². The number of nitrogens with one attached hydrogen (secondary N) is 1. The number of hydrogen-bond donors (Lipinski definition) is 1. The van der Waals surface area contributed by atoms with Gasteiger partial charge in [-0.2, -0.15) is 0 Å². The van der Waals surface area contributed by atoms with Crippen LogP contribution in [-0.4, -0.2) is 29.5 Å². The standard InChI is InChI=1S/C24H21N3O5S/c1-3-32-21-14-19(27(29)30)17(13-20(21)31-2)24(28)25-16-10-8-15(9-11-16)12-23-26-18-6-4-5-7-22(18)33-23/h4-11,13-14H,3,12H2,1-2H3,(H,25,28). The Balaban J connectivity index is 1.52. The first-order valence-electron chi connectivity index (χ1n) is 10.2. The maximum Gasteiger partial charge on any atom is 0.286 e. The average Bonchev–Trinajstić information content (AvgIpc) is 3.22. The summed E-state index contributed by atoms with van der Waals surface area (Å²) in [7, 11) is 1.41. The van der Waals surface area contributed by atoms with E-state index < -0.39 is 10.8 Å². The second-order valence-corrected chi connectivity index (χ2v) is 8.23. The molecule has 1 amide bonds. The van der Waals surface area contributed by atoms with Crippen LogP contribution in [-0.2, 0) is 6.42 Å². The molecule has 0 fully saturated rings. The molecule has 0 aliphatic carbocycles. The molecule has 0 unspecified atom stereocenters. The number of fused-ring (bicyclic) bond motifs is 1. The van der Waals surface area contributed by atoms with E-state index in [1.165, 1.54) is 19.2 Å². The molecule has 0 atom stereocenters. The van der Waals surface area contributed by atoms with Crippen LogP contribution in [0.1, 0.15) is 27.9 Å². The third-order valence-electron chi connectivity index (χ3n) is 4.93. The number of aromatic nitrogens is 1. The monoisotopic (exact) mass is 463 g/mol. The van der Waals surface area contributed by atoms with Gasteiger partial charge in [0.2, 0.25) is 0 Å². The molecule has 3 aromatic carbocycles. The van der Waals surface area contributed by atoms with Gasteiger partial charge in [-0.05, 0) is 36.8 Å². The molecule has 0 saturated heterocycles. The van der Waals surface area contributed by atoms with E-state index in [-0.39, 0.29) is 22.7 Å². The van der Waals surface area contributed by atoms with Gasteiger partial charge in [0.25, 0.3) is 11.6 Å². The van der Waals surface area contributed by atoms with Crippen molar-refractivity contribution in [2.24, 2.45) is 0 Å². The van der Waals surface area contributed by atoms with Crippen molar-refractivity contribution in [3.05, 3.63) is 86.9 Å². The number of thiazole rings is 1. The summed E-state index contributed by atoms with van der Waals surface area (Å²) in [6, 6.07) is 17.8. The van der Waals surface area contributed by atoms with E-state index in [1.54, 1.807) is 30.4 Å². The van der Waals surface area contributed by atoms with Gasteiger partial charge in [-0.25, -0.2) is 4.98 Å². The van der Waals surface area contributed by atoms with Gasteiger partial charge in [0, 0.05) is 18.2 Å². The minimum Gasteiger partial charge on any atom is -0.493 e. The van der Waals surface area contributed by atoms with Crippen molar-refractivity contribution >= 4 is 38.8 Å². The molecule has 1 aromatic heterocycles. The molecule has 0 bridgehead atoms. The third kappa shape index (κ3) is 4.93. The fourth-order valence-electron chi connectivity index (χ4n) is 3.38. The molecular weight excluding hydrogens is 442 g/mol. The van der Waals surface area contributed by atoms with Gasteiger partial charge in [0.1, 0.15) is 5.56 Å². The number of hydrogen-bond acceptors (Lipinski definition) is 7. The number of nitrogens with zero attached hydrogens (tertiary/aromatic N) is 2. The number of benzene rings is 3. The van der Waals surface area contributed by atoms with Crippen LogP contribution in [0.3, 0.4) is 0 Å². The van der Waals surface area contributed by atoms with Crippen molar-refractivity contribution in [3.63, 3.8) is 0 Å².